The van der Waals surface area contributed by atoms with Crippen molar-refractivity contribution in [1.29, 1.82) is 0 Å². The number of ether oxygens (including phenoxy) is 1. The summed E-state index contributed by atoms with van der Waals surface area (Å²) in [7, 11) is 1.46. The largest absolute Gasteiger partial charge is 0.467 e. The molecule has 0 aliphatic carbocycles. The molecule has 1 saturated heterocycles. The number of thioether (sulfide) groups is 1. The highest BCUT2D eigenvalue weighted by Crippen LogP contribution is 2.31. The number of rotatable bonds is 3. The third-order valence-corrected chi connectivity index (χ3v) is 4.31. The zero-order valence-electron chi connectivity index (χ0n) is 10.9. The highest BCUT2D eigenvalue weighted by atomic mass is 32.2. The predicted molar refractivity (Wildman–Crippen MR) is 76.1 cm³/mol. The van der Waals surface area contributed by atoms with Crippen molar-refractivity contribution in [2.45, 2.75) is 25.3 Å². The molecule has 0 amide bonds. The molecule has 0 radical (unpaired) electrons. The minimum atomic E-state index is -0.548. The molecule has 1 aromatic rings. The van der Waals surface area contributed by atoms with Crippen LogP contribution >= 0.6 is 11.8 Å². The molecule has 0 spiro atoms. The standard InChI is InChI=1S/C14H19NO2S/c1-11-4-3-5-12(10-11)15-14(13(16)17-2)6-8-18-9-7-14/h3-5,10,15H,6-9H2,1-2H3. The number of anilines is 1. The summed E-state index contributed by atoms with van der Waals surface area (Å²) in [6.07, 6.45) is 1.64. The van der Waals surface area contributed by atoms with E-state index in [2.05, 4.69) is 11.4 Å². The Morgan fingerprint density at radius 1 is 1.39 bits per heavy atom. The van der Waals surface area contributed by atoms with Gasteiger partial charge in [0.05, 0.1) is 7.11 Å². The van der Waals surface area contributed by atoms with Crippen LogP contribution in [0.1, 0.15) is 18.4 Å². The van der Waals surface area contributed by atoms with E-state index in [4.69, 9.17) is 4.74 Å². The first-order chi connectivity index (χ1) is 8.66. The summed E-state index contributed by atoms with van der Waals surface area (Å²) in [5, 5.41) is 3.40. The van der Waals surface area contributed by atoms with Crippen LogP contribution in [0.5, 0.6) is 0 Å². The molecule has 0 bridgehead atoms. The Kier molecular flexibility index (Phi) is 4.17. The van der Waals surface area contributed by atoms with Crippen molar-refractivity contribution in [1.82, 2.24) is 0 Å². The summed E-state index contributed by atoms with van der Waals surface area (Å²) < 4.78 is 4.98. The maximum atomic E-state index is 12.1. The van der Waals surface area contributed by atoms with E-state index in [9.17, 15) is 4.79 Å². The van der Waals surface area contributed by atoms with Crippen LogP contribution < -0.4 is 5.32 Å². The van der Waals surface area contributed by atoms with Gasteiger partial charge in [-0.25, -0.2) is 4.79 Å². The van der Waals surface area contributed by atoms with Gasteiger partial charge in [-0.1, -0.05) is 12.1 Å². The molecule has 1 N–H and O–H groups in total. The van der Waals surface area contributed by atoms with Gasteiger partial charge in [-0.2, -0.15) is 11.8 Å². The fraction of sp³-hybridized carbons (Fsp3) is 0.500. The lowest BCUT2D eigenvalue weighted by Crippen LogP contribution is -2.49. The summed E-state index contributed by atoms with van der Waals surface area (Å²) in [4.78, 5) is 12.1. The van der Waals surface area contributed by atoms with Crippen LogP contribution in [0.2, 0.25) is 0 Å². The van der Waals surface area contributed by atoms with E-state index in [-0.39, 0.29) is 5.97 Å². The Bertz CT molecular complexity index is 428. The lowest BCUT2D eigenvalue weighted by Gasteiger charge is -2.35. The molecule has 3 nitrogen and oxygen atoms in total. The van der Waals surface area contributed by atoms with E-state index in [0.717, 1.165) is 30.0 Å². The molecule has 1 heterocycles. The number of methoxy groups -OCH3 is 1. The maximum absolute atomic E-state index is 12.1. The summed E-state index contributed by atoms with van der Waals surface area (Å²) in [6.45, 7) is 2.05. The highest BCUT2D eigenvalue weighted by molar-refractivity contribution is 7.99. The van der Waals surface area contributed by atoms with Gasteiger partial charge in [0.25, 0.3) is 0 Å². The van der Waals surface area contributed by atoms with Crippen molar-refractivity contribution in [2.24, 2.45) is 0 Å². The minimum Gasteiger partial charge on any atom is -0.467 e. The fourth-order valence-corrected chi connectivity index (χ4v) is 3.48. The fourth-order valence-electron chi connectivity index (χ4n) is 2.29. The summed E-state index contributed by atoms with van der Waals surface area (Å²) in [5.41, 5.74) is 1.63. The van der Waals surface area contributed by atoms with E-state index >= 15 is 0 Å². The van der Waals surface area contributed by atoms with Gasteiger partial charge >= 0.3 is 5.97 Å². The second-order valence-corrected chi connectivity index (χ2v) is 5.91. The Hall–Kier alpha value is -1.16. The quantitative estimate of drug-likeness (QED) is 0.853. The lowest BCUT2D eigenvalue weighted by atomic mass is 9.91. The first-order valence-corrected chi connectivity index (χ1v) is 7.33. The average Bonchev–Trinajstić information content (AvgIpc) is 2.39. The summed E-state index contributed by atoms with van der Waals surface area (Å²) in [5.74, 6) is 1.84. The van der Waals surface area contributed by atoms with Gasteiger partial charge in [0.1, 0.15) is 5.54 Å². The molecule has 0 atom stereocenters. The predicted octanol–water partition coefficient (Wildman–Crippen LogP) is 2.85. The van der Waals surface area contributed by atoms with Gasteiger partial charge in [0, 0.05) is 5.69 Å². The molecule has 4 heteroatoms. The van der Waals surface area contributed by atoms with Gasteiger partial charge in [-0.15, -0.1) is 0 Å². The molecule has 98 valence electrons. The Labute approximate surface area is 112 Å². The molecule has 0 unspecified atom stereocenters. The van der Waals surface area contributed by atoms with Gasteiger partial charge in [-0.3, -0.25) is 0 Å². The highest BCUT2D eigenvalue weighted by Gasteiger charge is 2.40. The molecule has 1 aliphatic heterocycles. The van der Waals surface area contributed by atoms with E-state index in [0.29, 0.717) is 0 Å². The van der Waals surface area contributed by atoms with Crippen LogP contribution in [-0.2, 0) is 9.53 Å². The number of aryl methyl sites for hydroxylation is 1. The van der Waals surface area contributed by atoms with Crippen molar-refractivity contribution in [3.05, 3.63) is 29.8 Å². The van der Waals surface area contributed by atoms with Crippen LogP contribution in [0.3, 0.4) is 0 Å². The zero-order chi connectivity index (χ0) is 13.0. The molecule has 1 aliphatic rings. The topological polar surface area (TPSA) is 38.3 Å². The van der Waals surface area contributed by atoms with Gasteiger partial charge in [-0.05, 0) is 49.0 Å². The number of nitrogens with one attached hydrogen (secondary N) is 1. The number of esters is 1. The zero-order valence-corrected chi connectivity index (χ0v) is 11.7. The number of hydrogen-bond acceptors (Lipinski definition) is 4. The third kappa shape index (κ3) is 2.80. The van der Waals surface area contributed by atoms with E-state index in [1.165, 1.54) is 12.7 Å². The SMILES string of the molecule is COC(=O)C1(Nc2cccc(C)c2)CCSCC1. The number of benzene rings is 1. The molecular weight excluding hydrogens is 246 g/mol. The molecular formula is C14H19NO2S. The molecule has 1 fully saturated rings. The van der Waals surface area contributed by atoms with Crippen molar-refractivity contribution in [2.75, 3.05) is 23.9 Å². The van der Waals surface area contributed by atoms with Gasteiger partial charge < -0.3 is 10.1 Å². The van der Waals surface area contributed by atoms with Crippen LogP contribution in [0.25, 0.3) is 0 Å². The maximum Gasteiger partial charge on any atom is 0.331 e. The second-order valence-electron chi connectivity index (χ2n) is 4.68. The van der Waals surface area contributed by atoms with Gasteiger partial charge in [0.15, 0.2) is 0 Å². The van der Waals surface area contributed by atoms with E-state index in [1.807, 2.05) is 36.9 Å². The average molecular weight is 265 g/mol. The molecule has 1 aromatic carbocycles. The third-order valence-electron chi connectivity index (χ3n) is 3.32. The van der Waals surface area contributed by atoms with Crippen LogP contribution in [0, 0.1) is 6.92 Å². The summed E-state index contributed by atoms with van der Waals surface area (Å²) >= 11 is 1.89. The molecule has 2 rings (SSSR count). The molecule has 0 aromatic heterocycles. The number of carbonyl (C=O) groups excluding carboxylic acids is 1. The smallest absolute Gasteiger partial charge is 0.331 e. The number of carbonyl (C=O) groups is 1. The Morgan fingerprint density at radius 3 is 2.72 bits per heavy atom. The Balaban J connectivity index is 2.22. The molecule has 0 saturated carbocycles. The van der Waals surface area contributed by atoms with Crippen molar-refractivity contribution in [3.63, 3.8) is 0 Å². The Morgan fingerprint density at radius 2 is 2.11 bits per heavy atom. The first kappa shape index (κ1) is 13.3. The minimum absolute atomic E-state index is 0.149. The van der Waals surface area contributed by atoms with Crippen LogP contribution in [0.15, 0.2) is 24.3 Å². The second kappa shape index (κ2) is 5.65. The van der Waals surface area contributed by atoms with Crippen molar-refractivity contribution >= 4 is 23.4 Å². The van der Waals surface area contributed by atoms with Crippen LogP contribution in [0.4, 0.5) is 5.69 Å². The monoisotopic (exact) mass is 265 g/mol. The normalized spacial score (nSPS) is 18.1. The first-order valence-electron chi connectivity index (χ1n) is 6.17. The van der Waals surface area contributed by atoms with E-state index in [1.54, 1.807) is 0 Å². The number of hydrogen-bond donors (Lipinski definition) is 1. The molecule has 18 heavy (non-hydrogen) atoms. The van der Waals surface area contributed by atoms with E-state index < -0.39 is 5.54 Å². The van der Waals surface area contributed by atoms with Gasteiger partial charge in [0.2, 0.25) is 0 Å². The summed E-state index contributed by atoms with van der Waals surface area (Å²) in [6, 6.07) is 8.11. The van der Waals surface area contributed by atoms with Crippen molar-refractivity contribution in [3.8, 4) is 0 Å². The van der Waals surface area contributed by atoms with Crippen LogP contribution in [-0.4, -0.2) is 30.1 Å². The lowest BCUT2D eigenvalue weighted by molar-refractivity contribution is -0.146. The van der Waals surface area contributed by atoms with Crippen molar-refractivity contribution < 1.29 is 9.53 Å².